The highest BCUT2D eigenvalue weighted by atomic mass is 79.9. The quantitative estimate of drug-likeness (QED) is 0.917. The van der Waals surface area contributed by atoms with Crippen LogP contribution in [-0.2, 0) is 6.54 Å². The molecular formula is C12H21BrN4S. The molecule has 2 rings (SSSR count). The largest absolute Gasteiger partial charge is 0.321 e. The average molecular weight is 333 g/mol. The van der Waals surface area contributed by atoms with Crippen molar-refractivity contribution in [1.82, 2.24) is 14.7 Å². The van der Waals surface area contributed by atoms with Gasteiger partial charge < -0.3 is 5.73 Å². The molecule has 1 aliphatic heterocycles. The fraction of sp³-hybridized carbons (Fsp3) is 0.750. The van der Waals surface area contributed by atoms with E-state index < -0.39 is 0 Å². The summed E-state index contributed by atoms with van der Waals surface area (Å²) in [7, 11) is 2.17. The number of nitrogens with zero attached hydrogens (tertiary/aromatic N) is 3. The zero-order valence-corrected chi connectivity index (χ0v) is 13.4. The highest BCUT2D eigenvalue weighted by molar-refractivity contribution is 9.10. The van der Waals surface area contributed by atoms with Crippen LogP contribution in [0.5, 0.6) is 0 Å². The van der Waals surface area contributed by atoms with Crippen molar-refractivity contribution in [1.29, 1.82) is 0 Å². The Morgan fingerprint density at radius 1 is 1.67 bits per heavy atom. The fourth-order valence-corrected chi connectivity index (χ4v) is 4.21. The molecular weight excluding hydrogens is 312 g/mol. The molecule has 1 aromatic rings. The van der Waals surface area contributed by atoms with Gasteiger partial charge in [0.2, 0.25) is 0 Å². The summed E-state index contributed by atoms with van der Waals surface area (Å²) in [4.78, 5) is 2.37. The maximum atomic E-state index is 6.49. The van der Waals surface area contributed by atoms with Gasteiger partial charge in [-0.1, -0.05) is 6.92 Å². The first-order chi connectivity index (χ1) is 8.65. The van der Waals surface area contributed by atoms with Crippen molar-refractivity contribution in [3.05, 3.63) is 16.4 Å². The van der Waals surface area contributed by atoms with E-state index in [2.05, 4.69) is 39.9 Å². The second kappa shape index (κ2) is 6.41. The van der Waals surface area contributed by atoms with Crippen LogP contribution in [-0.4, -0.2) is 45.8 Å². The van der Waals surface area contributed by atoms with E-state index in [-0.39, 0.29) is 6.04 Å². The van der Waals surface area contributed by atoms with E-state index in [1.807, 2.05) is 22.6 Å². The van der Waals surface area contributed by atoms with Crippen molar-refractivity contribution >= 4 is 27.7 Å². The van der Waals surface area contributed by atoms with Crippen LogP contribution in [0.3, 0.4) is 0 Å². The zero-order chi connectivity index (χ0) is 13.1. The highest BCUT2D eigenvalue weighted by Gasteiger charge is 2.30. The topological polar surface area (TPSA) is 47.1 Å². The van der Waals surface area contributed by atoms with Crippen molar-refractivity contribution in [2.75, 3.05) is 25.1 Å². The third-order valence-corrected chi connectivity index (χ3v) is 5.10. The minimum atomic E-state index is 0.0197. The van der Waals surface area contributed by atoms with Gasteiger partial charge in [0, 0.05) is 30.6 Å². The van der Waals surface area contributed by atoms with E-state index in [0.29, 0.717) is 6.04 Å². The lowest BCUT2D eigenvalue weighted by Gasteiger charge is -2.36. The van der Waals surface area contributed by atoms with Gasteiger partial charge in [0.25, 0.3) is 0 Å². The van der Waals surface area contributed by atoms with Gasteiger partial charge >= 0.3 is 0 Å². The first kappa shape index (κ1) is 14.4. The van der Waals surface area contributed by atoms with Crippen molar-refractivity contribution in [2.45, 2.75) is 32.0 Å². The molecule has 102 valence electrons. The van der Waals surface area contributed by atoms with E-state index in [1.54, 1.807) is 0 Å². The van der Waals surface area contributed by atoms with Gasteiger partial charge in [0.1, 0.15) is 0 Å². The molecule has 1 saturated heterocycles. The molecule has 18 heavy (non-hydrogen) atoms. The second-order valence-electron chi connectivity index (χ2n) is 4.75. The van der Waals surface area contributed by atoms with Gasteiger partial charge in [-0.2, -0.15) is 16.9 Å². The molecule has 0 radical (unpaired) electrons. The summed E-state index contributed by atoms with van der Waals surface area (Å²) in [6, 6.07) is 0.415. The van der Waals surface area contributed by atoms with Crippen LogP contribution in [0.2, 0.25) is 0 Å². The number of halogens is 1. The first-order valence-corrected chi connectivity index (χ1v) is 8.34. The Hall–Kier alpha value is -0.0400. The Labute approximate surface area is 121 Å². The SMILES string of the molecule is CCCn1ncc(Br)c1C(N)C1CSCCN1C. The summed E-state index contributed by atoms with van der Waals surface area (Å²) < 4.78 is 3.08. The smallest absolute Gasteiger partial charge is 0.0709 e. The van der Waals surface area contributed by atoms with Crippen molar-refractivity contribution in [3.63, 3.8) is 0 Å². The molecule has 1 aliphatic rings. The molecule has 0 aliphatic carbocycles. The number of aryl methyl sites for hydroxylation is 1. The Bertz CT molecular complexity index is 395. The predicted octanol–water partition coefficient (Wildman–Crippen LogP) is 2.10. The van der Waals surface area contributed by atoms with E-state index in [9.17, 15) is 0 Å². The van der Waals surface area contributed by atoms with Crippen molar-refractivity contribution in [2.24, 2.45) is 5.73 Å². The average Bonchev–Trinajstić information content (AvgIpc) is 2.71. The minimum absolute atomic E-state index is 0.0197. The number of hydrogen-bond donors (Lipinski definition) is 1. The van der Waals surface area contributed by atoms with Gasteiger partial charge in [-0.15, -0.1) is 0 Å². The lowest BCUT2D eigenvalue weighted by atomic mass is 10.1. The highest BCUT2D eigenvalue weighted by Crippen LogP contribution is 2.29. The van der Waals surface area contributed by atoms with Gasteiger partial charge in [-0.25, -0.2) is 0 Å². The molecule has 0 aromatic carbocycles. The van der Waals surface area contributed by atoms with Crippen LogP contribution >= 0.6 is 27.7 Å². The van der Waals surface area contributed by atoms with Gasteiger partial charge in [-0.05, 0) is 29.4 Å². The number of thioether (sulfide) groups is 1. The monoisotopic (exact) mass is 332 g/mol. The fourth-order valence-electron chi connectivity index (χ4n) is 2.36. The summed E-state index contributed by atoms with van der Waals surface area (Å²) in [5.74, 6) is 2.30. The van der Waals surface area contributed by atoms with Crippen molar-refractivity contribution in [3.8, 4) is 0 Å². The van der Waals surface area contributed by atoms with Crippen LogP contribution in [0.1, 0.15) is 25.1 Å². The van der Waals surface area contributed by atoms with E-state index in [0.717, 1.165) is 35.4 Å². The third-order valence-electron chi connectivity index (χ3n) is 3.44. The summed E-state index contributed by atoms with van der Waals surface area (Å²) in [5.41, 5.74) is 7.63. The van der Waals surface area contributed by atoms with Crippen molar-refractivity contribution < 1.29 is 0 Å². The summed E-state index contributed by atoms with van der Waals surface area (Å²) in [6.07, 6.45) is 2.93. The van der Waals surface area contributed by atoms with Crippen LogP contribution in [0.4, 0.5) is 0 Å². The van der Waals surface area contributed by atoms with E-state index in [4.69, 9.17) is 5.73 Å². The van der Waals surface area contributed by atoms with Gasteiger partial charge in [-0.3, -0.25) is 9.58 Å². The molecule has 1 fully saturated rings. The van der Waals surface area contributed by atoms with Crippen LogP contribution < -0.4 is 5.73 Å². The van der Waals surface area contributed by atoms with Gasteiger partial charge in [0.05, 0.1) is 22.4 Å². The first-order valence-electron chi connectivity index (χ1n) is 6.40. The summed E-state index contributed by atoms with van der Waals surface area (Å²) in [6.45, 7) is 4.20. The molecule has 0 amide bonds. The molecule has 2 unspecified atom stereocenters. The summed E-state index contributed by atoms with van der Waals surface area (Å²) in [5, 5.41) is 4.41. The number of likely N-dealkylation sites (N-methyl/N-ethyl adjacent to an activating group) is 1. The molecule has 6 heteroatoms. The molecule has 4 nitrogen and oxygen atoms in total. The molecule has 0 saturated carbocycles. The normalized spacial score (nSPS) is 23.2. The number of aromatic nitrogens is 2. The van der Waals surface area contributed by atoms with Gasteiger partial charge in [0.15, 0.2) is 0 Å². The number of rotatable bonds is 4. The Kier molecular flexibility index (Phi) is 5.12. The number of nitrogens with two attached hydrogens (primary N) is 1. The Morgan fingerprint density at radius 3 is 3.11 bits per heavy atom. The third kappa shape index (κ3) is 2.92. The standard InChI is InChI=1S/C12H21BrN4S/c1-3-4-17-12(9(13)7-15-17)11(14)10-8-18-6-5-16(10)2/h7,10-11H,3-6,8,14H2,1-2H3. The summed E-state index contributed by atoms with van der Waals surface area (Å²) >= 11 is 5.58. The van der Waals surface area contributed by atoms with Crippen LogP contribution in [0, 0.1) is 0 Å². The van der Waals surface area contributed by atoms with E-state index in [1.165, 1.54) is 5.75 Å². The number of hydrogen-bond acceptors (Lipinski definition) is 4. The molecule has 2 N–H and O–H groups in total. The van der Waals surface area contributed by atoms with E-state index >= 15 is 0 Å². The molecule has 0 bridgehead atoms. The lowest BCUT2D eigenvalue weighted by Crippen LogP contribution is -2.46. The lowest BCUT2D eigenvalue weighted by molar-refractivity contribution is 0.231. The maximum Gasteiger partial charge on any atom is 0.0709 e. The second-order valence-corrected chi connectivity index (χ2v) is 6.75. The zero-order valence-electron chi connectivity index (χ0n) is 11.0. The van der Waals surface area contributed by atoms with Crippen LogP contribution in [0.15, 0.2) is 10.7 Å². The Morgan fingerprint density at radius 2 is 2.44 bits per heavy atom. The molecule has 1 aromatic heterocycles. The molecule has 2 atom stereocenters. The predicted molar refractivity (Wildman–Crippen MR) is 80.9 cm³/mol. The molecule has 2 heterocycles. The maximum absolute atomic E-state index is 6.49. The Balaban J connectivity index is 2.21. The van der Waals surface area contributed by atoms with Crippen LogP contribution in [0.25, 0.3) is 0 Å². The minimum Gasteiger partial charge on any atom is -0.321 e. The molecule has 0 spiro atoms.